The van der Waals surface area contributed by atoms with Crippen LogP contribution in [0.3, 0.4) is 0 Å². The standard InChI is InChI=1S/C18H19F3N6O/c1-25(15-4-3-14(13-24-15)18(19,20)21)16-17(23-6-5-22-16)27-10-8-26(9-11-27)7-2-12-28/h2-7,12-13H,8-11H2,1H3. The van der Waals surface area contributed by atoms with Crippen molar-refractivity contribution in [3.63, 3.8) is 0 Å². The molecule has 7 nitrogen and oxygen atoms in total. The van der Waals surface area contributed by atoms with E-state index in [0.717, 1.165) is 18.5 Å². The molecule has 28 heavy (non-hydrogen) atoms. The maximum Gasteiger partial charge on any atom is 0.417 e. The predicted molar refractivity (Wildman–Crippen MR) is 98.3 cm³/mol. The van der Waals surface area contributed by atoms with E-state index < -0.39 is 11.7 Å². The summed E-state index contributed by atoms with van der Waals surface area (Å²) in [6, 6.07) is 2.30. The predicted octanol–water partition coefficient (Wildman–Crippen LogP) is 2.49. The summed E-state index contributed by atoms with van der Waals surface area (Å²) < 4.78 is 38.2. The number of aromatic nitrogens is 3. The van der Waals surface area contributed by atoms with Crippen LogP contribution in [-0.4, -0.2) is 59.4 Å². The van der Waals surface area contributed by atoms with Crippen LogP contribution < -0.4 is 9.80 Å². The summed E-state index contributed by atoms with van der Waals surface area (Å²) in [5.74, 6) is 1.47. The Bertz CT molecular complexity index is 832. The first-order valence-electron chi connectivity index (χ1n) is 8.59. The first-order valence-corrected chi connectivity index (χ1v) is 8.59. The zero-order valence-corrected chi connectivity index (χ0v) is 15.2. The van der Waals surface area contributed by atoms with E-state index in [-0.39, 0.29) is 0 Å². The summed E-state index contributed by atoms with van der Waals surface area (Å²) in [5, 5.41) is 0. The molecule has 10 heteroatoms. The van der Waals surface area contributed by atoms with Crippen LogP contribution in [0.4, 0.5) is 30.6 Å². The van der Waals surface area contributed by atoms with E-state index in [1.807, 2.05) is 9.80 Å². The quantitative estimate of drug-likeness (QED) is 0.572. The van der Waals surface area contributed by atoms with Gasteiger partial charge in [-0.1, -0.05) is 0 Å². The SMILES string of the molecule is CN(c1ccc(C(F)(F)F)cn1)c1nccnc1N1CCN(C=CC=O)CC1. The van der Waals surface area contributed by atoms with Gasteiger partial charge in [0, 0.05) is 58.0 Å². The van der Waals surface area contributed by atoms with Crippen LogP contribution >= 0.6 is 0 Å². The molecule has 2 aromatic rings. The fourth-order valence-electron chi connectivity index (χ4n) is 2.88. The third-order valence-electron chi connectivity index (χ3n) is 4.39. The van der Waals surface area contributed by atoms with Crippen molar-refractivity contribution in [2.45, 2.75) is 6.18 Å². The van der Waals surface area contributed by atoms with Gasteiger partial charge in [-0.2, -0.15) is 13.2 Å². The Labute approximate surface area is 160 Å². The van der Waals surface area contributed by atoms with Gasteiger partial charge in [0.25, 0.3) is 0 Å². The van der Waals surface area contributed by atoms with Crippen molar-refractivity contribution in [1.82, 2.24) is 19.9 Å². The number of halogens is 3. The zero-order chi connectivity index (χ0) is 20.1. The van der Waals surface area contributed by atoms with Gasteiger partial charge in [-0.15, -0.1) is 0 Å². The average Bonchev–Trinajstić information content (AvgIpc) is 2.71. The van der Waals surface area contributed by atoms with Crippen molar-refractivity contribution in [2.75, 3.05) is 43.0 Å². The van der Waals surface area contributed by atoms with Crippen LogP contribution in [0.5, 0.6) is 0 Å². The minimum absolute atomic E-state index is 0.335. The second-order valence-electron chi connectivity index (χ2n) is 6.17. The molecule has 0 spiro atoms. The molecule has 3 rings (SSSR count). The lowest BCUT2D eigenvalue weighted by molar-refractivity contribution is -0.137. The number of alkyl halides is 3. The van der Waals surface area contributed by atoms with Gasteiger partial charge < -0.3 is 14.7 Å². The van der Waals surface area contributed by atoms with Gasteiger partial charge in [-0.3, -0.25) is 4.79 Å². The van der Waals surface area contributed by atoms with E-state index in [9.17, 15) is 18.0 Å². The van der Waals surface area contributed by atoms with Crippen LogP contribution in [0, 0.1) is 0 Å². The van der Waals surface area contributed by atoms with E-state index in [2.05, 4.69) is 15.0 Å². The number of hydrogen-bond acceptors (Lipinski definition) is 7. The summed E-state index contributed by atoms with van der Waals surface area (Å²) in [4.78, 5) is 28.8. The van der Waals surface area contributed by atoms with E-state index in [1.54, 1.807) is 24.3 Å². The molecule has 3 heterocycles. The lowest BCUT2D eigenvalue weighted by atomic mass is 10.2. The topological polar surface area (TPSA) is 65.5 Å². The molecule has 2 aromatic heterocycles. The molecule has 0 atom stereocenters. The highest BCUT2D eigenvalue weighted by molar-refractivity contribution is 5.68. The summed E-state index contributed by atoms with van der Waals surface area (Å²) in [7, 11) is 1.69. The van der Waals surface area contributed by atoms with E-state index in [0.29, 0.717) is 43.6 Å². The van der Waals surface area contributed by atoms with Crippen molar-refractivity contribution in [2.24, 2.45) is 0 Å². The highest BCUT2D eigenvalue weighted by Crippen LogP contribution is 2.32. The molecule has 0 aliphatic carbocycles. The normalized spacial score (nSPS) is 15.1. The smallest absolute Gasteiger partial charge is 0.374 e. The maximum atomic E-state index is 12.7. The molecule has 0 unspecified atom stereocenters. The Hall–Kier alpha value is -3.17. The number of allylic oxidation sites excluding steroid dienone is 1. The van der Waals surface area contributed by atoms with Crippen molar-refractivity contribution >= 4 is 23.7 Å². The minimum Gasteiger partial charge on any atom is -0.374 e. The second-order valence-corrected chi connectivity index (χ2v) is 6.17. The number of hydrogen-bond donors (Lipinski definition) is 0. The summed E-state index contributed by atoms with van der Waals surface area (Å²) >= 11 is 0. The molecule has 1 aliphatic heterocycles. The summed E-state index contributed by atoms with van der Waals surface area (Å²) in [6.07, 6.45) is 3.42. The largest absolute Gasteiger partial charge is 0.417 e. The second kappa shape index (κ2) is 8.24. The Balaban J connectivity index is 1.78. The van der Waals surface area contributed by atoms with Crippen LogP contribution in [0.1, 0.15) is 5.56 Å². The average molecular weight is 392 g/mol. The molecule has 0 aromatic carbocycles. The van der Waals surface area contributed by atoms with Crippen LogP contribution in [0.15, 0.2) is 43.0 Å². The van der Waals surface area contributed by atoms with Crippen LogP contribution in [0.2, 0.25) is 0 Å². The molecule has 1 saturated heterocycles. The van der Waals surface area contributed by atoms with Gasteiger partial charge in [0.2, 0.25) is 0 Å². The number of rotatable bonds is 5. The third kappa shape index (κ3) is 4.38. The summed E-state index contributed by atoms with van der Waals surface area (Å²) in [6.45, 7) is 2.76. The van der Waals surface area contributed by atoms with Gasteiger partial charge in [-0.25, -0.2) is 15.0 Å². The molecular formula is C18H19F3N6O. The Morgan fingerprint density at radius 3 is 2.39 bits per heavy atom. The molecule has 0 radical (unpaired) electrons. The fourth-order valence-corrected chi connectivity index (χ4v) is 2.88. The van der Waals surface area contributed by atoms with Crippen molar-refractivity contribution < 1.29 is 18.0 Å². The molecule has 148 valence electrons. The maximum absolute atomic E-state index is 12.7. The minimum atomic E-state index is -4.43. The van der Waals surface area contributed by atoms with Crippen LogP contribution in [0.25, 0.3) is 0 Å². The van der Waals surface area contributed by atoms with Gasteiger partial charge in [-0.05, 0) is 18.2 Å². The molecular weight excluding hydrogens is 373 g/mol. The van der Waals surface area contributed by atoms with E-state index in [4.69, 9.17) is 0 Å². The number of piperazine rings is 1. The first-order chi connectivity index (χ1) is 13.4. The van der Waals surface area contributed by atoms with E-state index in [1.165, 1.54) is 18.3 Å². The Morgan fingerprint density at radius 2 is 1.79 bits per heavy atom. The number of carbonyl (C=O) groups excluding carboxylic acids is 1. The lowest BCUT2D eigenvalue weighted by Crippen LogP contribution is -2.45. The molecule has 0 amide bonds. The molecule has 0 bridgehead atoms. The van der Waals surface area contributed by atoms with Gasteiger partial charge >= 0.3 is 6.18 Å². The Morgan fingerprint density at radius 1 is 1.07 bits per heavy atom. The zero-order valence-electron chi connectivity index (χ0n) is 15.2. The molecule has 0 saturated carbocycles. The first kappa shape index (κ1) is 19.6. The number of carbonyl (C=O) groups is 1. The van der Waals surface area contributed by atoms with Crippen molar-refractivity contribution in [3.05, 3.63) is 48.6 Å². The number of nitrogens with zero attached hydrogens (tertiary/aromatic N) is 6. The highest BCUT2D eigenvalue weighted by Gasteiger charge is 2.31. The van der Waals surface area contributed by atoms with Gasteiger partial charge in [0.15, 0.2) is 11.6 Å². The lowest BCUT2D eigenvalue weighted by Gasteiger charge is -2.36. The molecule has 1 fully saturated rings. The van der Waals surface area contributed by atoms with Crippen molar-refractivity contribution in [3.8, 4) is 0 Å². The van der Waals surface area contributed by atoms with Gasteiger partial charge in [0.1, 0.15) is 12.1 Å². The highest BCUT2D eigenvalue weighted by atomic mass is 19.4. The number of aldehydes is 1. The van der Waals surface area contributed by atoms with Crippen molar-refractivity contribution in [1.29, 1.82) is 0 Å². The van der Waals surface area contributed by atoms with E-state index >= 15 is 0 Å². The number of pyridine rings is 1. The third-order valence-corrected chi connectivity index (χ3v) is 4.39. The Kier molecular flexibility index (Phi) is 5.76. The molecule has 1 aliphatic rings. The number of anilines is 3. The monoisotopic (exact) mass is 392 g/mol. The molecule has 0 N–H and O–H groups in total. The van der Waals surface area contributed by atoms with Crippen LogP contribution in [-0.2, 0) is 11.0 Å². The fraction of sp³-hybridized carbons (Fsp3) is 0.333. The van der Waals surface area contributed by atoms with Gasteiger partial charge in [0.05, 0.1) is 5.56 Å². The summed E-state index contributed by atoms with van der Waals surface area (Å²) in [5.41, 5.74) is -0.802.